The van der Waals surface area contributed by atoms with Crippen LogP contribution < -0.4 is 0 Å². The van der Waals surface area contributed by atoms with Crippen LogP contribution in [0.5, 0.6) is 0 Å². The molecule has 0 atom stereocenters. The quantitative estimate of drug-likeness (QED) is 0.621. The predicted molar refractivity (Wildman–Crippen MR) is 101 cm³/mol. The first-order valence-corrected chi connectivity index (χ1v) is 8.80. The van der Waals surface area contributed by atoms with E-state index in [-0.39, 0.29) is 5.91 Å². The average Bonchev–Trinajstić information content (AvgIpc) is 3.09. The summed E-state index contributed by atoms with van der Waals surface area (Å²) in [6.45, 7) is 4.31. The van der Waals surface area contributed by atoms with E-state index in [0.29, 0.717) is 6.54 Å². The minimum atomic E-state index is 0.0925. The molecule has 128 valence electrons. The molecule has 3 aromatic rings. The number of carbonyl (C=O) groups is 1. The number of amides is 1. The van der Waals surface area contributed by atoms with Gasteiger partial charge in [0.25, 0.3) is 5.91 Å². The summed E-state index contributed by atoms with van der Waals surface area (Å²) in [6.07, 6.45) is 3.03. The third kappa shape index (κ3) is 4.38. The van der Waals surface area contributed by atoms with E-state index in [1.165, 1.54) is 5.56 Å². The molecule has 0 aliphatic rings. The largest absolute Gasteiger partial charge is 0.345 e. The van der Waals surface area contributed by atoms with Crippen LogP contribution in [0.4, 0.5) is 0 Å². The highest BCUT2D eigenvalue weighted by atomic mass is 16.2. The molecule has 0 radical (unpaired) electrons. The van der Waals surface area contributed by atoms with E-state index in [0.717, 1.165) is 30.8 Å². The average molecular weight is 332 g/mol. The van der Waals surface area contributed by atoms with Crippen molar-refractivity contribution >= 4 is 5.91 Å². The van der Waals surface area contributed by atoms with Crippen LogP contribution in [-0.4, -0.2) is 21.9 Å². The minimum Gasteiger partial charge on any atom is -0.345 e. The van der Waals surface area contributed by atoms with Gasteiger partial charge in [-0.3, -0.25) is 4.79 Å². The zero-order chi connectivity index (χ0) is 17.5. The number of nitrogens with zero attached hydrogens (tertiary/aromatic N) is 2. The monoisotopic (exact) mass is 332 g/mol. The van der Waals surface area contributed by atoms with E-state index in [1.54, 1.807) is 0 Å². The molecule has 0 N–H and O–H groups in total. The number of rotatable bonds is 7. The van der Waals surface area contributed by atoms with Gasteiger partial charge in [-0.1, -0.05) is 55.5 Å². The summed E-state index contributed by atoms with van der Waals surface area (Å²) in [5, 5.41) is 0. The highest BCUT2D eigenvalue weighted by Gasteiger charge is 2.16. The van der Waals surface area contributed by atoms with Crippen molar-refractivity contribution in [3.63, 3.8) is 0 Å². The van der Waals surface area contributed by atoms with Crippen LogP contribution in [0.2, 0.25) is 0 Å². The van der Waals surface area contributed by atoms with Gasteiger partial charge < -0.3 is 9.47 Å². The van der Waals surface area contributed by atoms with Crippen LogP contribution in [0.1, 0.15) is 35.0 Å². The lowest BCUT2D eigenvalue weighted by Crippen LogP contribution is -2.32. The van der Waals surface area contributed by atoms with Gasteiger partial charge in [-0.05, 0) is 36.2 Å². The Morgan fingerprint density at radius 3 is 2.28 bits per heavy atom. The Morgan fingerprint density at radius 2 is 1.60 bits per heavy atom. The molecule has 0 aliphatic heterocycles. The molecule has 1 aromatic heterocycles. The number of aromatic nitrogens is 1. The summed E-state index contributed by atoms with van der Waals surface area (Å²) >= 11 is 0. The zero-order valence-electron chi connectivity index (χ0n) is 14.6. The smallest absolute Gasteiger partial charge is 0.254 e. The van der Waals surface area contributed by atoms with Crippen molar-refractivity contribution in [3.8, 4) is 0 Å². The van der Waals surface area contributed by atoms with Gasteiger partial charge in [0.05, 0.1) is 6.54 Å². The molecule has 25 heavy (non-hydrogen) atoms. The zero-order valence-corrected chi connectivity index (χ0v) is 14.6. The van der Waals surface area contributed by atoms with E-state index < -0.39 is 0 Å². The van der Waals surface area contributed by atoms with Crippen LogP contribution in [0.25, 0.3) is 0 Å². The van der Waals surface area contributed by atoms with Crippen LogP contribution >= 0.6 is 0 Å². The van der Waals surface area contributed by atoms with Crippen molar-refractivity contribution in [3.05, 3.63) is 95.8 Å². The van der Waals surface area contributed by atoms with Crippen LogP contribution in [0.3, 0.4) is 0 Å². The summed E-state index contributed by atoms with van der Waals surface area (Å²) in [5.41, 5.74) is 3.16. The van der Waals surface area contributed by atoms with Crippen LogP contribution in [-0.2, 0) is 13.1 Å². The fourth-order valence-electron chi connectivity index (χ4n) is 3.01. The van der Waals surface area contributed by atoms with Crippen molar-refractivity contribution in [1.82, 2.24) is 9.47 Å². The first-order valence-electron chi connectivity index (χ1n) is 8.80. The Hall–Kier alpha value is -2.81. The van der Waals surface area contributed by atoms with Gasteiger partial charge in [0, 0.05) is 30.5 Å². The summed E-state index contributed by atoms with van der Waals surface area (Å²) < 4.78 is 2.22. The SMILES string of the molecule is CCCN(Cc1cccn1Cc1ccccc1)C(=O)c1ccccc1. The number of hydrogen-bond acceptors (Lipinski definition) is 1. The standard InChI is InChI=1S/C22H24N2O/c1-2-15-24(22(25)20-12-7-4-8-13-20)18-21-14-9-16-23(21)17-19-10-5-3-6-11-19/h3-14,16H,2,15,17-18H2,1H3. The lowest BCUT2D eigenvalue weighted by molar-refractivity contribution is 0.0739. The van der Waals surface area contributed by atoms with Crippen molar-refractivity contribution in [2.75, 3.05) is 6.54 Å². The first kappa shape index (κ1) is 17.0. The fraction of sp³-hybridized carbons (Fsp3) is 0.227. The van der Waals surface area contributed by atoms with Gasteiger partial charge >= 0.3 is 0 Å². The van der Waals surface area contributed by atoms with Gasteiger partial charge in [0.2, 0.25) is 0 Å². The van der Waals surface area contributed by atoms with Gasteiger partial charge in [-0.15, -0.1) is 0 Å². The predicted octanol–water partition coefficient (Wildman–Crippen LogP) is 4.59. The molecular weight excluding hydrogens is 308 g/mol. The molecular formula is C22H24N2O. The third-order valence-electron chi connectivity index (χ3n) is 4.27. The van der Waals surface area contributed by atoms with Crippen molar-refractivity contribution < 1.29 is 4.79 Å². The topological polar surface area (TPSA) is 25.2 Å². The number of benzene rings is 2. The van der Waals surface area contributed by atoms with Crippen molar-refractivity contribution in [2.45, 2.75) is 26.4 Å². The molecule has 0 spiro atoms. The lowest BCUT2D eigenvalue weighted by atomic mass is 10.2. The Morgan fingerprint density at radius 1 is 0.920 bits per heavy atom. The van der Waals surface area contributed by atoms with Crippen molar-refractivity contribution in [2.24, 2.45) is 0 Å². The second-order valence-corrected chi connectivity index (χ2v) is 6.21. The first-order chi connectivity index (χ1) is 12.3. The molecule has 1 heterocycles. The molecule has 1 amide bonds. The lowest BCUT2D eigenvalue weighted by Gasteiger charge is -2.23. The third-order valence-corrected chi connectivity index (χ3v) is 4.27. The van der Waals surface area contributed by atoms with Crippen molar-refractivity contribution in [1.29, 1.82) is 0 Å². The van der Waals surface area contributed by atoms with E-state index in [2.05, 4.69) is 54.1 Å². The maximum atomic E-state index is 12.8. The van der Waals surface area contributed by atoms with Gasteiger partial charge in [0.15, 0.2) is 0 Å². The van der Waals surface area contributed by atoms with Gasteiger partial charge in [-0.25, -0.2) is 0 Å². The van der Waals surface area contributed by atoms with E-state index in [1.807, 2.05) is 41.3 Å². The Labute approximate surface area is 149 Å². The van der Waals surface area contributed by atoms with Gasteiger partial charge in [0.1, 0.15) is 0 Å². The molecule has 0 unspecified atom stereocenters. The molecule has 3 rings (SSSR count). The molecule has 3 nitrogen and oxygen atoms in total. The molecule has 0 fully saturated rings. The normalized spacial score (nSPS) is 10.6. The molecule has 2 aromatic carbocycles. The van der Waals surface area contributed by atoms with Crippen LogP contribution in [0.15, 0.2) is 79.0 Å². The second-order valence-electron chi connectivity index (χ2n) is 6.21. The highest BCUT2D eigenvalue weighted by Crippen LogP contribution is 2.13. The molecule has 3 heteroatoms. The summed E-state index contributed by atoms with van der Waals surface area (Å²) in [7, 11) is 0. The van der Waals surface area contributed by atoms with E-state index >= 15 is 0 Å². The highest BCUT2D eigenvalue weighted by molar-refractivity contribution is 5.94. The molecule has 0 saturated heterocycles. The fourth-order valence-corrected chi connectivity index (χ4v) is 3.01. The maximum absolute atomic E-state index is 12.8. The summed E-state index contributed by atoms with van der Waals surface area (Å²) in [5.74, 6) is 0.0925. The van der Waals surface area contributed by atoms with E-state index in [4.69, 9.17) is 0 Å². The Bertz CT molecular complexity index is 793. The molecule has 0 aliphatic carbocycles. The van der Waals surface area contributed by atoms with Crippen LogP contribution in [0, 0.1) is 0 Å². The Kier molecular flexibility index (Phi) is 5.68. The molecule has 0 saturated carbocycles. The maximum Gasteiger partial charge on any atom is 0.254 e. The summed E-state index contributed by atoms with van der Waals surface area (Å²) in [6, 6.07) is 24.1. The van der Waals surface area contributed by atoms with E-state index in [9.17, 15) is 4.79 Å². The second kappa shape index (κ2) is 8.34. The minimum absolute atomic E-state index is 0.0925. The summed E-state index contributed by atoms with van der Waals surface area (Å²) in [4.78, 5) is 14.8. The van der Waals surface area contributed by atoms with Gasteiger partial charge in [-0.2, -0.15) is 0 Å². The number of hydrogen-bond donors (Lipinski definition) is 0. The molecule has 0 bridgehead atoms. The number of carbonyl (C=O) groups excluding carboxylic acids is 1. The Balaban J connectivity index is 1.77.